The predicted molar refractivity (Wildman–Crippen MR) is 134 cm³/mol. The van der Waals surface area contributed by atoms with Gasteiger partial charge in [-0.25, -0.2) is 9.98 Å². The Kier molecular flexibility index (Phi) is 12.7. The van der Waals surface area contributed by atoms with Gasteiger partial charge in [0.05, 0.1) is 0 Å². The summed E-state index contributed by atoms with van der Waals surface area (Å²) in [5.74, 6) is 1.41. The van der Waals surface area contributed by atoms with Crippen LogP contribution in [0.2, 0.25) is 0 Å². The smallest absolute Gasteiger partial charge is 0.478 e. The number of aliphatic imine (C=N–C) groups is 2. The number of alkyl halides is 6. The van der Waals surface area contributed by atoms with Gasteiger partial charge in [0.2, 0.25) is 0 Å². The van der Waals surface area contributed by atoms with Gasteiger partial charge in [-0.05, 0) is 25.0 Å². The van der Waals surface area contributed by atoms with E-state index in [4.69, 9.17) is 45.4 Å². The second-order valence-electron chi connectivity index (χ2n) is 8.81. The third-order valence-electron chi connectivity index (χ3n) is 5.33. The van der Waals surface area contributed by atoms with E-state index in [0.717, 1.165) is 0 Å². The maximum absolute atomic E-state index is 10.7. The fourth-order valence-corrected chi connectivity index (χ4v) is 3.21. The average Bonchev–Trinajstić information content (AvgIpc) is 3.55. The Balaban J connectivity index is 0.000000432. The van der Waals surface area contributed by atoms with Gasteiger partial charge in [-0.15, -0.1) is 0 Å². The molecule has 2 aliphatic rings. The Morgan fingerprint density at radius 3 is 1.17 bits per heavy atom. The van der Waals surface area contributed by atoms with Gasteiger partial charge >= 0.3 is 31.3 Å². The zero-order valence-electron chi connectivity index (χ0n) is 21.5. The van der Waals surface area contributed by atoms with Crippen molar-refractivity contribution in [3.05, 3.63) is 71.8 Å². The van der Waals surface area contributed by atoms with Gasteiger partial charge in [0.25, 0.3) is 0 Å². The molecule has 0 spiro atoms. The van der Waals surface area contributed by atoms with Crippen LogP contribution in [0.25, 0.3) is 0 Å². The second-order valence-corrected chi connectivity index (χ2v) is 11.6. The normalized spacial score (nSPS) is 18.9. The molecule has 0 unspecified atom stereocenters. The number of ether oxygens (including phenoxy) is 2. The molecule has 0 bridgehead atoms. The summed E-state index contributed by atoms with van der Waals surface area (Å²) in [6, 6.07) is 20.6. The molecule has 0 amide bonds. The molecule has 10 nitrogen and oxygen atoms in total. The van der Waals surface area contributed by atoms with Gasteiger partial charge in [-0.3, -0.25) is 9.11 Å². The van der Waals surface area contributed by atoms with Crippen LogP contribution < -0.4 is 0 Å². The molecule has 0 saturated heterocycles. The van der Waals surface area contributed by atoms with E-state index in [0.29, 0.717) is 25.0 Å². The summed E-state index contributed by atoms with van der Waals surface area (Å²) >= 11 is 0. The molecule has 238 valence electrons. The summed E-state index contributed by atoms with van der Waals surface area (Å²) in [6.45, 7) is 5.26. The molecule has 0 saturated carbocycles. The largest absolute Gasteiger partial charge is 0.522 e. The van der Waals surface area contributed by atoms with Crippen LogP contribution in [0.4, 0.5) is 26.3 Å². The Hall–Kier alpha value is -2.56. The first-order valence-electron chi connectivity index (χ1n) is 11.2. The first kappa shape index (κ1) is 37.5. The van der Waals surface area contributed by atoms with E-state index < -0.39 is 36.7 Å². The summed E-state index contributed by atoms with van der Waals surface area (Å²) in [6.07, 6.45) is 0. The zero-order valence-corrected chi connectivity index (χ0v) is 24.7. The quantitative estimate of drug-likeness (QED) is 0.189. The third kappa shape index (κ3) is 10.3. The van der Waals surface area contributed by atoms with Gasteiger partial charge in [0.1, 0.15) is 30.7 Å². The van der Waals surface area contributed by atoms with E-state index in [2.05, 4.69) is 38.1 Å². The first-order valence-corrected chi connectivity index (χ1v) is 14.1. The fraction of sp³-hybridized carbons (Fsp3) is 0.391. The zero-order chi connectivity index (χ0) is 31.3. The molecule has 2 aromatic rings. The van der Waals surface area contributed by atoms with Crippen molar-refractivity contribution < 1.29 is 82.2 Å². The fourth-order valence-electron chi connectivity index (χ4n) is 3.21. The summed E-state index contributed by atoms with van der Waals surface area (Å²) in [5.41, 5.74) is -9.19. The number of nitrogens with zero attached hydrogens (tertiary/aromatic N) is 2. The average molecular weight is 741 g/mol. The predicted octanol–water partition coefficient (Wildman–Crippen LogP) is 5.14. The van der Waals surface area contributed by atoms with Crippen molar-refractivity contribution in [1.82, 2.24) is 0 Å². The van der Waals surface area contributed by atoms with Gasteiger partial charge in [0.15, 0.2) is 11.8 Å². The van der Waals surface area contributed by atoms with Crippen LogP contribution in [0.1, 0.15) is 37.1 Å². The Bertz CT molecular complexity index is 1340. The summed E-state index contributed by atoms with van der Waals surface area (Å²) < 4.78 is 127. The molecular weight excluding hydrogens is 717 g/mol. The molecule has 2 heterocycles. The molecule has 4 rings (SSSR count). The molecule has 0 aromatic heterocycles. The van der Waals surface area contributed by atoms with E-state index in [1.165, 1.54) is 11.1 Å². The van der Waals surface area contributed by atoms with E-state index in [9.17, 15) is 26.3 Å². The number of hydrogen-bond acceptors (Lipinski definition) is 8. The van der Waals surface area contributed by atoms with Gasteiger partial charge < -0.3 is 9.47 Å². The minimum atomic E-state index is -5.84. The van der Waals surface area contributed by atoms with Crippen LogP contribution in [0.5, 0.6) is 0 Å². The number of benzene rings is 2. The van der Waals surface area contributed by atoms with Crippen molar-refractivity contribution in [3.63, 3.8) is 0 Å². The standard InChI is InChI=1S/C21H22N2O2.2CHF3O3S.Pd/c1-21(2,19-22-17(13-24-19)15-9-5-3-6-10-15)20-23-18(14-25-20)16-11-7-4-8-12-16;2*2-1(3,4)8(5,6)7;/h3-12,17-18H,13-14H2,1-2H3;2*(H,5,6,7);/t17-,18-;;;/m1.../s1. The molecular formula is C23H24F6N2O8PdS2. The number of hydrogen-bond donors (Lipinski definition) is 2. The Morgan fingerprint density at radius 2 is 0.929 bits per heavy atom. The molecule has 0 fully saturated rings. The van der Waals surface area contributed by atoms with E-state index in [-0.39, 0.29) is 32.5 Å². The van der Waals surface area contributed by atoms with Crippen LogP contribution in [0, 0.1) is 5.41 Å². The molecule has 2 aliphatic heterocycles. The van der Waals surface area contributed by atoms with E-state index >= 15 is 0 Å². The Morgan fingerprint density at radius 1 is 0.667 bits per heavy atom. The minimum Gasteiger partial charge on any atom is -0.478 e. The van der Waals surface area contributed by atoms with Gasteiger partial charge in [0, 0.05) is 20.4 Å². The number of halogens is 6. The molecule has 19 heteroatoms. The maximum Gasteiger partial charge on any atom is 0.522 e. The van der Waals surface area contributed by atoms with Crippen LogP contribution in [0.15, 0.2) is 70.6 Å². The van der Waals surface area contributed by atoms with Crippen molar-refractivity contribution in [3.8, 4) is 0 Å². The summed E-state index contributed by atoms with van der Waals surface area (Å²) in [5, 5.41) is 0. The Labute approximate surface area is 251 Å². The molecule has 2 N–H and O–H groups in total. The molecule has 0 radical (unpaired) electrons. The van der Waals surface area contributed by atoms with Gasteiger partial charge in [-0.2, -0.15) is 43.2 Å². The van der Waals surface area contributed by atoms with Crippen molar-refractivity contribution in [1.29, 1.82) is 0 Å². The molecule has 2 aromatic carbocycles. The first-order chi connectivity index (χ1) is 18.6. The van der Waals surface area contributed by atoms with E-state index in [1.54, 1.807) is 0 Å². The topological polar surface area (TPSA) is 152 Å². The van der Waals surface area contributed by atoms with Crippen molar-refractivity contribution in [2.45, 2.75) is 36.9 Å². The summed E-state index contributed by atoms with van der Waals surface area (Å²) in [4.78, 5) is 9.61. The molecule has 2 atom stereocenters. The van der Waals surface area contributed by atoms with Gasteiger partial charge in [-0.1, -0.05) is 60.7 Å². The van der Waals surface area contributed by atoms with Crippen LogP contribution in [-0.2, 0) is 50.1 Å². The minimum absolute atomic E-state index is 0. The molecule has 0 aliphatic carbocycles. The van der Waals surface area contributed by atoms with E-state index in [1.807, 2.05) is 36.4 Å². The number of rotatable bonds is 4. The summed E-state index contributed by atoms with van der Waals surface area (Å²) in [7, 11) is -11.7. The van der Waals surface area contributed by atoms with Crippen LogP contribution in [0.3, 0.4) is 0 Å². The van der Waals surface area contributed by atoms with Crippen LogP contribution in [-0.4, -0.2) is 62.0 Å². The monoisotopic (exact) mass is 740 g/mol. The van der Waals surface area contributed by atoms with Crippen molar-refractivity contribution in [2.75, 3.05) is 13.2 Å². The second kappa shape index (κ2) is 14.3. The molecule has 42 heavy (non-hydrogen) atoms. The SMILES string of the molecule is CC(C)(C1=N[C@@H](c2ccccc2)CO1)C1=N[C@@H](c2ccccc2)CO1.O=S(=O)(O)C(F)(F)F.O=S(=O)(O)C(F)(F)F.[Pd]. The maximum atomic E-state index is 10.7. The van der Waals surface area contributed by atoms with Crippen molar-refractivity contribution in [2.24, 2.45) is 15.4 Å². The third-order valence-corrected chi connectivity index (χ3v) is 6.49. The van der Waals surface area contributed by atoms with Crippen LogP contribution >= 0.6 is 0 Å². The van der Waals surface area contributed by atoms with Crippen molar-refractivity contribution >= 4 is 32.0 Å².